The summed E-state index contributed by atoms with van der Waals surface area (Å²) in [5, 5.41) is 2.94. The van der Waals surface area contributed by atoms with Crippen molar-refractivity contribution in [1.29, 1.82) is 0 Å². The van der Waals surface area contributed by atoms with Crippen LogP contribution in [0.25, 0.3) is 0 Å². The molecule has 1 amide bonds. The second-order valence-corrected chi connectivity index (χ2v) is 11.3. The minimum atomic E-state index is -3.47. The van der Waals surface area contributed by atoms with Gasteiger partial charge in [-0.05, 0) is 49.3 Å². The molecule has 0 aromatic heterocycles. The van der Waals surface area contributed by atoms with Gasteiger partial charge in [0.2, 0.25) is 5.91 Å². The second kappa shape index (κ2) is 10.2. The standard InChI is InChI=1S/C21H31BrN2O3S/c22-19-8-4-7-18(13-19)15-28(26,27)16-21(25)23-20-9-11-24(12-10-20)14-17-5-2-1-3-6-17/h4,7-8,13,17,20H,1-3,5-6,9-12,14-16H2,(H,23,25). The largest absolute Gasteiger partial charge is 0.352 e. The van der Waals surface area contributed by atoms with Gasteiger partial charge < -0.3 is 10.2 Å². The lowest BCUT2D eigenvalue weighted by atomic mass is 9.88. The Morgan fingerprint density at radius 1 is 1.11 bits per heavy atom. The number of nitrogens with zero attached hydrogens (tertiary/aromatic N) is 1. The summed E-state index contributed by atoms with van der Waals surface area (Å²) >= 11 is 3.34. The molecule has 0 spiro atoms. The summed E-state index contributed by atoms with van der Waals surface area (Å²) < 4.78 is 25.5. The second-order valence-electron chi connectivity index (χ2n) is 8.31. The Balaban J connectivity index is 1.40. The number of carbonyl (C=O) groups is 1. The van der Waals surface area contributed by atoms with E-state index in [1.54, 1.807) is 18.2 Å². The highest BCUT2D eigenvalue weighted by atomic mass is 79.9. The molecule has 0 radical (unpaired) electrons. The lowest BCUT2D eigenvalue weighted by molar-refractivity contribution is -0.119. The van der Waals surface area contributed by atoms with Gasteiger partial charge in [-0.15, -0.1) is 0 Å². The summed E-state index contributed by atoms with van der Waals surface area (Å²) in [6.45, 7) is 3.17. The molecule has 28 heavy (non-hydrogen) atoms. The average molecular weight is 471 g/mol. The van der Waals surface area contributed by atoms with Crippen LogP contribution in [0.1, 0.15) is 50.5 Å². The molecule has 1 aromatic carbocycles. The molecular weight excluding hydrogens is 440 g/mol. The van der Waals surface area contributed by atoms with E-state index in [-0.39, 0.29) is 17.7 Å². The number of nitrogens with one attached hydrogen (secondary N) is 1. The first kappa shape index (κ1) is 21.8. The third kappa shape index (κ3) is 7.16. The lowest BCUT2D eigenvalue weighted by Gasteiger charge is -2.35. The van der Waals surface area contributed by atoms with Crippen LogP contribution in [0.4, 0.5) is 0 Å². The summed E-state index contributed by atoms with van der Waals surface area (Å²) in [6, 6.07) is 7.29. The Morgan fingerprint density at radius 2 is 1.82 bits per heavy atom. The van der Waals surface area contributed by atoms with Crippen molar-refractivity contribution in [3.05, 3.63) is 34.3 Å². The quantitative estimate of drug-likeness (QED) is 0.661. The number of hydrogen-bond acceptors (Lipinski definition) is 4. The molecule has 1 N–H and O–H groups in total. The van der Waals surface area contributed by atoms with E-state index in [9.17, 15) is 13.2 Å². The number of halogens is 1. The van der Waals surface area contributed by atoms with E-state index in [2.05, 4.69) is 26.1 Å². The van der Waals surface area contributed by atoms with Gasteiger partial charge in [0.15, 0.2) is 9.84 Å². The Hall–Kier alpha value is -0.920. The smallest absolute Gasteiger partial charge is 0.235 e. The molecule has 5 nitrogen and oxygen atoms in total. The van der Waals surface area contributed by atoms with Gasteiger partial charge in [-0.2, -0.15) is 0 Å². The summed E-state index contributed by atoms with van der Waals surface area (Å²) in [5.41, 5.74) is 0.693. The minimum Gasteiger partial charge on any atom is -0.352 e. The maximum Gasteiger partial charge on any atom is 0.235 e. The molecule has 1 saturated heterocycles. The molecule has 1 heterocycles. The average Bonchev–Trinajstić information content (AvgIpc) is 2.63. The van der Waals surface area contributed by atoms with E-state index in [1.165, 1.54) is 38.6 Å². The molecule has 7 heteroatoms. The Labute approximate surface area is 177 Å². The Kier molecular flexibility index (Phi) is 7.94. The van der Waals surface area contributed by atoms with Crippen LogP contribution in [-0.2, 0) is 20.4 Å². The van der Waals surface area contributed by atoms with Crippen molar-refractivity contribution in [2.24, 2.45) is 5.92 Å². The number of piperidine rings is 1. The maximum absolute atomic E-state index is 12.4. The predicted molar refractivity (Wildman–Crippen MR) is 116 cm³/mol. The summed E-state index contributed by atoms with van der Waals surface area (Å²) in [4.78, 5) is 14.8. The van der Waals surface area contributed by atoms with Gasteiger partial charge in [0, 0.05) is 30.1 Å². The molecule has 156 valence electrons. The molecule has 0 bridgehead atoms. The first-order valence-corrected chi connectivity index (χ1v) is 13.0. The maximum atomic E-state index is 12.4. The van der Waals surface area contributed by atoms with E-state index in [4.69, 9.17) is 0 Å². The molecule has 0 atom stereocenters. The van der Waals surface area contributed by atoms with E-state index in [1.807, 2.05) is 6.07 Å². The fourth-order valence-corrected chi connectivity index (χ4v) is 6.11. The van der Waals surface area contributed by atoms with E-state index in [0.29, 0.717) is 5.56 Å². The van der Waals surface area contributed by atoms with Crippen LogP contribution in [0.5, 0.6) is 0 Å². The van der Waals surface area contributed by atoms with E-state index >= 15 is 0 Å². The number of benzene rings is 1. The molecule has 1 aliphatic heterocycles. The molecule has 1 aromatic rings. The minimum absolute atomic E-state index is 0.0937. The van der Waals surface area contributed by atoms with E-state index < -0.39 is 15.6 Å². The fourth-order valence-electron chi connectivity index (χ4n) is 4.40. The summed E-state index contributed by atoms with van der Waals surface area (Å²) in [6.07, 6.45) is 8.64. The van der Waals surface area contributed by atoms with Gasteiger partial charge in [0.1, 0.15) is 5.75 Å². The normalized spacial score (nSPS) is 20.2. The number of sulfone groups is 1. The molecule has 1 aliphatic carbocycles. The summed E-state index contributed by atoms with van der Waals surface area (Å²) in [5.74, 6) is -0.0922. The molecular formula is C21H31BrN2O3S. The van der Waals surface area contributed by atoms with Crippen molar-refractivity contribution >= 4 is 31.7 Å². The van der Waals surface area contributed by atoms with Crippen LogP contribution in [0, 0.1) is 5.92 Å². The molecule has 0 unspecified atom stereocenters. The van der Waals surface area contributed by atoms with Gasteiger partial charge in [-0.25, -0.2) is 8.42 Å². The van der Waals surface area contributed by atoms with Gasteiger partial charge in [-0.3, -0.25) is 4.79 Å². The molecule has 3 rings (SSSR count). The number of likely N-dealkylation sites (tertiary alicyclic amines) is 1. The van der Waals surface area contributed by atoms with Crippen LogP contribution in [0.2, 0.25) is 0 Å². The lowest BCUT2D eigenvalue weighted by Crippen LogP contribution is -2.47. The topological polar surface area (TPSA) is 66.5 Å². The molecule has 2 fully saturated rings. The first-order valence-electron chi connectivity index (χ1n) is 10.4. The monoisotopic (exact) mass is 470 g/mol. The van der Waals surface area contributed by atoms with Gasteiger partial charge >= 0.3 is 0 Å². The highest BCUT2D eigenvalue weighted by molar-refractivity contribution is 9.10. The zero-order valence-electron chi connectivity index (χ0n) is 16.4. The third-order valence-electron chi connectivity index (χ3n) is 5.82. The van der Waals surface area contributed by atoms with Crippen LogP contribution in [0.3, 0.4) is 0 Å². The number of hydrogen-bond donors (Lipinski definition) is 1. The number of carbonyl (C=O) groups excluding carboxylic acids is 1. The predicted octanol–water partition coefficient (Wildman–Crippen LogP) is 3.52. The van der Waals surface area contributed by atoms with Gasteiger partial charge in [0.25, 0.3) is 0 Å². The first-order chi connectivity index (χ1) is 13.4. The van der Waals surface area contributed by atoms with Crippen LogP contribution >= 0.6 is 15.9 Å². The van der Waals surface area contributed by atoms with E-state index in [0.717, 1.165) is 36.3 Å². The van der Waals surface area contributed by atoms with Crippen molar-refractivity contribution < 1.29 is 13.2 Å². The fraction of sp³-hybridized carbons (Fsp3) is 0.667. The highest BCUT2D eigenvalue weighted by Crippen LogP contribution is 2.25. The van der Waals surface area contributed by atoms with Crippen molar-refractivity contribution in [2.75, 3.05) is 25.4 Å². The van der Waals surface area contributed by atoms with Crippen molar-refractivity contribution in [2.45, 2.75) is 56.7 Å². The summed E-state index contributed by atoms with van der Waals surface area (Å²) in [7, 11) is -3.47. The van der Waals surface area contributed by atoms with Gasteiger partial charge in [-0.1, -0.05) is 47.3 Å². The van der Waals surface area contributed by atoms with Crippen molar-refractivity contribution in [3.8, 4) is 0 Å². The Bertz CT molecular complexity index is 755. The third-order valence-corrected chi connectivity index (χ3v) is 7.79. The van der Waals surface area contributed by atoms with Crippen molar-refractivity contribution in [1.82, 2.24) is 10.2 Å². The molecule has 2 aliphatic rings. The van der Waals surface area contributed by atoms with Crippen LogP contribution in [-0.4, -0.2) is 50.7 Å². The van der Waals surface area contributed by atoms with Gasteiger partial charge in [0.05, 0.1) is 5.75 Å². The number of amides is 1. The SMILES string of the molecule is O=C(CS(=O)(=O)Cc1cccc(Br)c1)NC1CCN(CC2CCCCC2)CC1. The van der Waals surface area contributed by atoms with Crippen molar-refractivity contribution in [3.63, 3.8) is 0 Å². The Morgan fingerprint density at radius 3 is 2.50 bits per heavy atom. The highest BCUT2D eigenvalue weighted by Gasteiger charge is 2.25. The van der Waals surface area contributed by atoms with Crippen LogP contribution < -0.4 is 5.32 Å². The zero-order chi connectivity index (χ0) is 20.0. The van der Waals surface area contributed by atoms with Crippen LogP contribution in [0.15, 0.2) is 28.7 Å². The molecule has 1 saturated carbocycles. The zero-order valence-corrected chi connectivity index (χ0v) is 18.8. The number of rotatable bonds is 7.